The number of hydrogen-bond acceptors (Lipinski definition) is 1. The highest BCUT2D eigenvalue weighted by Crippen LogP contribution is 1.82. The van der Waals surface area contributed by atoms with E-state index < -0.39 is 0 Å². The van der Waals surface area contributed by atoms with Crippen molar-refractivity contribution in [3.63, 3.8) is 0 Å². The zero-order chi connectivity index (χ0) is 5.70. The first-order valence-corrected chi connectivity index (χ1v) is 2.44. The molecule has 41 valence electrons. The minimum Gasteiger partial charge on any atom is -0.345 e. The molecule has 7 heavy (non-hydrogen) atoms. The summed E-state index contributed by atoms with van der Waals surface area (Å²) in [7, 11) is 0. The molecular formula is C5H10NO. The fourth-order valence-electron chi connectivity index (χ4n) is 0.203. The van der Waals surface area contributed by atoms with E-state index >= 15 is 0 Å². The lowest BCUT2D eigenvalue weighted by Gasteiger charge is -2.01. The SMILES string of the molecule is CCC(C)N[C]=O. The highest BCUT2D eigenvalue weighted by Gasteiger charge is 1.90. The molecule has 1 atom stereocenters. The Labute approximate surface area is 43.9 Å². The number of nitrogens with one attached hydrogen (secondary N) is 1. The molecule has 0 aromatic carbocycles. The maximum atomic E-state index is 9.54. The largest absolute Gasteiger partial charge is 0.345 e. The van der Waals surface area contributed by atoms with Gasteiger partial charge in [0.15, 0.2) is 0 Å². The van der Waals surface area contributed by atoms with E-state index in [0.29, 0.717) is 0 Å². The molecular weight excluding hydrogens is 90.1 g/mol. The fraction of sp³-hybridized carbons (Fsp3) is 0.800. The maximum Gasteiger partial charge on any atom is 0.309 e. The summed E-state index contributed by atoms with van der Waals surface area (Å²) in [6.45, 7) is 3.94. The highest BCUT2D eigenvalue weighted by atomic mass is 16.1. The number of carbonyl (C=O) groups excluding carboxylic acids is 1. The van der Waals surface area contributed by atoms with Crippen LogP contribution in [-0.2, 0) is 4.79 Å². The molecule has 1 N–H and O–H groups in total. The second kappa shape index (κ2) is 3.65. The van der Waals surface area contributed by atoms with E-state index in [1.165, 1.54) is 0 Å². The second-order valence-corrected chi connectivity index (χ2v) is 1.56. The Hall–Kier alpha value is -0.530. The lowest BCUT2D eigenvalue weighted by atomic mass is 10.3. The van der Waals surface area contributed by atoms with Gasteiger partial charge in [0.2, 0.25) is 0 Å². The minimum atomic E-state index is 0.275. The third-order valence-electron chi connectivity index (χ3n) is 0.918. The van der Waals surface area contributed by atoms with Crippen molar-refractivity contribution < 1.29 is 4.79 Å². The molecule has 0 aromatic heterocycles. The zero-order valence-corrected chi connectivity index (χ0v) is 4.69. The van der Waals surface area contributed by atoms with Crippen molar-refractivity contribution in [1.29, 1.82) is 0 Å². The smallest absolute Gasteiger partial charge is 0.309 e. The topological polar surface area (TPSA) is 29.1 Å². The van der Waals surface area contributed by atoms with Crippen molar-refractivity contribution in [2.45, 2.75) is 26.3 Å². The monoisotopic (exact) mass is 100 g/mol. The van der Waals surface area contributed by atoms with E-state index in [9.17, 15) is 4.79 Å². The lowest BCUT2D eigenvalue weighted by molar-refractivity contribution is 0.521. The van der Waals surface area contributed by atoms with Crippen LogP contribution >= 0.6 is 0 Å². The van der Waals surface area contributed by atoms with Gasteiger partial charge in [0.1, 0.15) is 0 Å². The van der Waals surface area contributed by atoms with Crippen LogP contribution in [0.4, 0.5) is 0 Å². The van der Waals surface area contributed by atoms with Gasteiger partial charge in [0, 0.05) is 6.04 Å². The van der Waals surface area contributed by atoms with Crippen LogP contribution in [0.3, 0.4) is 0 Å². The Morgan fingerprint density at radius 1 is 1.86 bits per heavy atom. The molecule has 1 unspecified atom stereocenters. The molecule has 0 fully saturated rings. The average Bonchev–Trinajstić information content (AvgIpc) is 1.68. The van der Waals surface area contributed by atoms with Crippen LogP contribution < -0.4 is 5.32 Å². The first-order chi connectivity index (χ1) is 3.31. The van der Waals surface area contributed by atoms with Gasteiger partial charge in [-0.1, -0.05) is 6.92 Å². The summed E-state index contributed by atoms with van der Waals surface area (Å²) >= 11 is 0. The molecule has 2 heteroatoms. The van der Waals surface area contributed by atoms with Crippen LogP contribution in [0.25, 0.3) is 0 Å². The normalized spacial score (nSPS) is 12.9. The van der Waals surface area contributed by atoms with Gasteiger partial charge in [-0.05, 0) is 13.3 Å². The maximum absolute atomic E-state index is 9.54. The standard InChI is InChI=1S/C5H10NO/c1-3-5(2)6-4-7/h5H,3H2,1-2H3,(H,6,7). The third kappa shape index (κ3) is 3.30. The Kier molecular flexibility index (Phi) is 3.38. The summed E-state index contributed by atoms with van der Waals surface area (Å²) in [6, 6.07) is 0.275. The van der Waals surface area contributed by atoms with Gasteiger partial charge in [-0.25, -0.2) is 0 Å². The second-order valence-electron chi connectivity index (χ2n) is 1.56. The van der Waals surface area contributed by atoms with Gasteiger partial charge < -0.3 is 5.32 Å². The molecule has 2 nitrogen and oxygen atoms in total. The third-order valence-corrected chi connectivity index (χ3v) is 0.918. The summed E-state index contributed by atoms with van der Waals surface area (Å²) in [5, 5.41) is 2.49. The number of rotatable bonds is 3. The van der Waals surface area contributed by atoms with Crippen LogP contribution in [0.15, 0.2) is 0 Å². The zero-order valence-electron chi connectivity index (χ0n) is 4.69. The molecule has 0 heterocycles. The van der Waals surface area contributed by atoms with Gasteiger partial charge in [-0.2, -0.15) is 0 Å². The van der Waals surface area contributed by atoms with E-state index in [1.54, 1.807) is 6.41 Å². The molecule has 0 bridgehead atoms. The van der Waals surface area contributed by atoms with Gasteiger partial charge in [0.05, 0.1) is 0 Å². The fourth-order valence-corrected chi connectivity index (χ4v) is 0.203. The Morgan fingerprint density at radius 3 is 2.57 bits per heavy atom. The molecule has 0 rings (SSSR count). The Balaban J connectivity index is 2.98. The van der Waals surface area contributed by atoms with E-state index in [2.05, 4.69) is 5.32 Å². The quantitative estimate of drug-likeness (QED) is 0.512. The van der Waals surface area contributed by atoms with E-state index in [4.69, 9.17) is 0 Å². The van der Waals surface area contributed by atoms with E-state index in [0.717, 1.165) is 6.42 Å². The Morgan fingerprint density at radius 2 is 2.43 bits per heavy atom. The van der Waals surface area contributed by atoms with Gasteiger partial charge >= 0.3 is 6.41 Å². The number of amides is 1. The molecule has 0 saturated heterocycles. The molecule has 0 saturated carbocycles. The average molecular weight is 100 g/mol. The summed E-state index contributed by atoms with van der Waals surface area (Å²) in [4.78, 5) is 9.54. The number of hydrogen-bond donors (Lipinski definition) is 1. The molecule has 0 aromatic rings. The first kappa shape index (κ1) is 6.47. The molecule has 0 spiro atoms. The molecule has 1 radical (unpaired) electrons. The first-order valence-electron chi connectivity index (χ1n) is 2.44. The van der Waals surface area contributed by atoms with Crippen LogP contribution in [0, 0.1) is 0 Å². The highest BCUT2D eigenvalue weighted by molar-refractivity contribution is 5.47. The lowest BCUT2D eigenvalue weighted by Crippen LogP contribution is -2.22. The molecule has 0 aliphatic rings. The minimum absolute atomic E-state index is 0.275. The molecule has 0 aliphatic carbocycles. The summed E-state index contributed by atoms with van der Waals surface area (Å²) < 4.78 is 0. The van der Waals surface area contributed by atoms with E-state index in [-0.39, 0.29) is 6.04 Å². The van der Waals surface area contributed by atoms with Gasteiger partial charge in [0.25, 0.3) is 0 Å². The van der Waals surface area contributed by atoms with Crippen molar-refractivity contribution in [3.8, 4) is 0 Å². The van der Waals surface area contributed by atoms with Gasteiger partial charge in [-0.3, -0.25) is 4.79 Å². The van der Waals surface area contributed by atoms with Crippen molar-refractivity contribution in [1.82, 2.24) is 5.32 Å². The van der Waals surface area contributed by atoms with E-state index in [1.807, 2.05) is 13.8 Å². The van der Waals surface area contributed by atoms with Crippen molar-refractivity contribution in [2.24, 2.45) is 0 Å². The van der Waals surface area contributed by atoms with Crippen LogP contribution in [-0.4, -0.2) is 12.5 Å². The predicted octanol–water partition coefficient (Wildman–Crippen LogP) is 0.442. The van der Waals surface area contributed by atoms with Gasteiger partial charge in [-0.15, -0.1) is 0 Å². The summed E-state index contributed by atoms with van der Waals surface area (Å²) in [5.41, 5.74) is 0. The van der Waals surface area contributed by atoms with Crippen LogP contribution in [0.5, 0.6) is 0 Å². The van der Waals surface area contributed by atoms with Crippen LogP contribution in [0.1, 0.15) is 20.3 Å². The predicted molar refractivity (Wildman–Crippen MR) is 28.6 cm³/mol. The summed E-state index contributed by atoms with van der Waals surface area (Å²) in [6.07, 6.45) is 2.59. The van der Waals surface area contributed by atoms with Crippen molar-refractivity contribution >= 4 is 6.41 Å². The molecule has 0 aliphatic heterocycles. The van der Waals surface area contributed by atoms with Crippen molar-refractivity contribution in [3.05, 3.63) is 0 Å². The Bertz CT molecular complexity index is 54.0. The van der Waals surface area contributed by atoms with Crippen LogP contribution in [0.2, 0.25) is 0 Å². The molecule has 1 amide bonds. The van der Waals surface area contributed by atoms with Crippen molar-refractivity contribution in [2.75, 3.05) is 0 Å². The summed E-state index contributed by atoms with van der Waals surface area (Å²) in [5.74, 6) is 0.